The summed E-state index contributed by atoms with van der Waals surface area (Å²) in [5, 5.41) is 0. The number of nitrogen functional groups attached to an aromatic ring is 1. The van der Waals surface area contributed by atoms with Gasteiger partial charge in [0.15, 0.2) is 0 Å². The second-order valence-electron chi connectivity index (χ2n) is 5.03. The molecule has 0 radical (unpaired) electrons. The first kappa shape index (κ1) is 15.7. The number of rotatable bonds is 3. The zero-order chi connectivity index (χ0) is 14.7. The third kappa shape index (κ3) is 4.14. The number of anilines is 1. The number of nitrogens with two attached hydrogens (primary N) is 1. The Labute approximate surface area is 132 Å². The van der Waals surface area contributed by atoms with Crippen molar-refractivity contribution < 1.29 is 9.53 Å². The van der Waals surface area contributed by atoms with E-state index in [1.54, 1.807) is 0 Å². The van der Waals surface area contributed by atoms with Crippen LogP contribution in [0.2, 0.25) is 0 Å². The van der Waals surface area contributed by atoms with Crippen molar-refractivity contribution >= 4 is 39.3 Å². The molecule has 1 aromatic carbocycles. The molecule has 0 aliphatic carbocycles. The minimum Gasteiger partial charge on any atom is -0.399 e. The summed E-state index contributed by atoms with van der Waals surface area (Å²) in [6, 6.07) is 5.63. The summed E-state index contributed by atoms with van der Waals surface area (Å²) < 4.78 is 6.57. The first-order chi connectivity index (χ1) is 9.45. The Kier molecular flexibility index (Phi) is 5.35. The van der Waals surface area contributed by atoms with Gasteiger partial charge in [-0.3, -0.25) is 4.79 Å². The van der Waals surface area contributed by atoms with Crippen LogP contribution in [0.5, 0.6) is 0 Å². The van der Waals surface area contributed by atoms with Crippen LogP contribution in [0.4, 0.5) is 5.69 Å². The highest BCUT2D eigenvalue weighted by molar-refractivity contribution is 9.10. The molecule has 1 amide bonds. The van der Waals surface area contributed by atoms with Crippen molar-refractivity contribution in [3.05, 3.63) is 22.7 Å². The average molecular weight is 359 g/mol. The monoisotopic (exact) mass is 358 g/mol. The van der Waals surface area contributed by atoms with Gasteiger partial charge in [-0.25, -0.2) is 0 Å². The number of carbonyl (C=O) groups excluding carboxylic acids is 1. The summed E-state index contributed by atoms with van der Waals surface area (Å²) in [5.74, 6) is 0.586. The molecule has 2 unspecified atom stereocenters. The number of benzene rings is 1. The average Bonchev–Trinajstić information content (AvgIpc) is 2.36. The van der Waals surface area contributed by atoms with Gasteiger partial charge in [-0.2, -0.15) is 0 Å². The maximum Gasteiger partial charge on any atom is 0.233 e. The van der Waals surface area contributed by atoms with Gasteiger partial charge in [0.25, 0.3) is 0 Å². The van der Waals surface area contributed by atoms with E-state index in [0.29, 0.717) is 24.5 Å². The van der Waals surface area contributed by atoms with Crippen molar-refractivity contribution in [2.75, 3.05) is 24.6 Å². The quantitative estimate of drug-likeness (QED) is 0.666. The van der Waals surface area contributed by atoms with E-state index in [-0.39, 0.29) is 18.1 Å². The van der Waals surface area contributed by atoms with E-state index in [1.165, 1.54) is 11.8 Å². The summed E-state index contributed by atoms with van der Waals surface area (Å²) in [7, 11) is 0. The summed E-state index contributed by atoms with van der Waals surface area (Å²) in [5.41, 5.74) is 6.41. The first-order valence-electron chi connectivity index (χ1n) is 6.56. The predicted molar refractivity (Wildman–Crippen MR) is 85.9 cm³/mol. The van der Waals surface area contributed by atoms with Crippen LogP contribution < -0.4 is 5.73 Å². The normalized spacial score (nSPS) is 22.9. The van der Waals surface area contributed by atoms with E-state index in [4.69, 9.17) is 10.5 Å². The standard InChI is InChI=1S/C14H19BrN2O2S/c1-9-6-17(7-10(2)19-9)14(18)8-20-13-4-3-11(16)5-12(13)15/h3-5,9-10H,6-8,16H2,1-2H3. The fourth-order valence-electron chi connectivity index (χ4n) is 2.25. The molecule has 110 valence electrons. The van der Waals surface area contributed by atoms with Gasteiger partial charge in [0.2, 0.25) is 5.91 Å². The van der Waals surface area contributed by atoms with Crippen LogP contribution in [-0.4, -0.2) is 41.9 Å². The smallest absolute Gasteiger partial charge is 0.233 e. The van der Waals surface area contributed by atoms with Gasteiger partial charge in [-0.15, -0.1) is 11.8 Å². The van der Waals surface area contributed by atoms with Gasteiger partial charge >= 0.3 is 0 Å². The second kappa shape index (κ2) is 6.83. The first-order valence-corrected chi connectivity index (χ1v) is 8.34. The van der Waals surface area contributed by atoms with Crippen LogP contribution in [0.1, 0.15) is 13.8 Å². The number of ether oxygens (including phenoxy) is 1. The number of thioether (sulfide) groups is 1. The number of halogens is 1. The van der Waals surface area contributed by atoms with Crippen molar-refractivity contribution in [1.29, 1.82) is 0 Å². The van der Waals surface area contributed by atoms with Gasteiger partial charge in [-0.1, -0.05) is 0 Å². The Morgan fingerprint density at radius 1 is 1.45 bits per heavy atom. The van der Waals surface area contributed by atoms with E-state index >= 15 is 0 Å². The zero-order valence-electron chi connectivity index (χ0n) is 11.6. The van der Waals surface area contributed by atoms with Crippen LogP contribution in [0, 0.1) is 0 Å². The van der Waals surface area contributed by atoms with E-state index in [9.17, 15) is 4.79 Å². The second-order valence-corrected chi connectivity index (χ2v) is 6.91. The molecule has 4 nitrogen and oxygen atoms in total. The molecule has 2 atom stereocenters. The Bertz CT molecular complexity index is 488. The Morgan fingerprint density at radius 2 is 2.10 bits per heavy atom. The number of carbonyl (C=O) groups is 1. The van der Waals surface area contributed by atoms with E-state index < -0.39 is 0 Å². The van der Waals surface area contributed by atoms with Gasteiger partial charge < -0.3 is 15.4 Å². The molecule has 1 aliphatic heterocycles. The number of nitrogens with zero attached hydrogens (tertiary/aromatic N) is 1. The Hall–Kier alpha value is -0.720. The molecule has 20 heavy (non-hydrogen) atoms. The molecule has 1 fully saturated rings. The van der Waals surface area contributed by atoms with Crippen molar-refractivity contribution in [3.8, 4) is 0 Å². The highest BCUT2D eigenvalue weighted by atomic mass is 79.9. The predicted octanol–water partition coefficient (Wildman–Crippen LogP) is 2.76. The minimum absolute atomic E-state index is 0.107. The Morgan fingerprint density at radius 3 is 2.70 bits per heavy atom. The van der Waals surface area contributed by atoms with Crippen LogP contribution >= 0.6 is 27.7 Å². The van der Waals surface area contributed by atoms with Gasteiger partial charge in [0, 0.05) is 28.1 Å². The van der Waals surface area contributed by atoms with E-state index in [2.05, 4.69) is 15.9 Å². The van der Waals surface area contributed by atoms with Crippen molar-refractivity contribution in [2.45, 2.75) is 31.0 Å². The third-order valence-electron chi connectivity index (χ3n) is 3.08. The molecule has 0 bridgehead atoms. The molecule has 0 aromatic heterocycles. The molecule has 1 aromatic rings. The Balaban J connectivity index is 1.91. The van der Waals surface area contributed by atoms with Crippen molar-refractivity contribution in [3.63, 3.8) is 0 Å². The molecule has 2 N–H and O–H groups in total. The lowest BCUT2D eigenvalue weighted by Gasteiger charge is -2.35. The van der Waals surface area contributed by atoms with Crippen LogP contribution in [0.15, 0.2) is 27.6 Å². The lowest BCUT2D eigenvalue weighted by Crippen LogP contribution is -2.48. The van der Waals surface area contributed by atoms with Gasteiger partial charge in [-0.05, 0) is 48.0 Å². The number of hydrogen-bond acceptors (Lipinski definition) is 4. The molecule has 1 saturated heterocycles. The largest absolute Gasteiger partial charge is 0.399 e. The van der Waals surface area contributed by atoms with E-state index in [1.807, 2.05) is 36.9 Å². The fraction of sp³-hybridized carbons (Fsp3) is 0.500. The third-order valence-corrected chi connectivity index (χ3v) is 5.06. The molecule has 0 spiro atoms. The molecule has 1 aliphatic rings. The van der Waals surface area contributed by atoms with Crippen LogP contribution in [0.3, 0.4) is 0 Å². The van der Waals surface area contributed by atoms with Crippen molar-refractivity contribution in [2.24, 2.45) is 0 Å². The molecule has 6 heteroatoms. The lowest BCUT2D eigenvalue weighted by molar-refractivity contribution is -0.140. The van der Waals surface area contributed by atoms with Crippen LogP contribution in [-0.2, 0) is 9.53 Å². The highest BCUT2D eigenvalue weighted by Gasteiger charge is 2.25. The summed E-state index contributed by atoms with van der Waals surface area (Å²) >= 11 is 4.99. The SMILES string of the molecule is CC1CN(C(=O)CSc2ccc(N)cc2Br)CC(C)O1. The summed E-state index contributed by atoms with van der Waals surface area (Å²) in [6.07, 6.45) is 0.215. The van der Waals surface area contributed by atoms with Gasteiger partial charge in [0.1, 0.15) is 0 Å². The van der Waals surface area contributed by atoms with E-state index in [0.717, 1.165) is 9.37 Å². The molecular weight excluding hydrogens is 340 g/mol. The summed E-state index contributed by atoms with van der Waals surface area (Å²) in [4.78, 5) is 15.2. The van der Waals surface area contributed by atoms with Gasteiger partial charge in [0.05, 0.1) is 18.0 Å². The molecule has 2 rings (SSSR count). The number of morpholine rings is 1. The zero-order valence-corrected chi connectivity index (χ0v) is 14.0. The number of amides is 1. The topological polar surface area (TPSA) is 55.6 Å². The minimum atomic E-state index is 0.107. The molecular formula is C14H19BrN2O2S. The fourth-order valence-corrected chi connectivity index (χ4v) is 3.81. The van der Waals surface area contributed by atoms with Crippen molar-refractivity contribution in [1.82, 2.24) is 4.90 Å². The maximum atomic E-state index is 12.3. The lowest BCUT2D eigenvalue weighted by atomic mass is 10.2. The highest BCUT2D eigenvalue weighted by Crippen LogP contribution is 2.29. The molecule has 0 saturated carbocycles. The summed E-state index contributed by atoms with van der Waals surface area (Å²) in [6.45, 7) is 5.35. The number of hydrogen-bond donors (Lipinski definition) is 1. The van der Waals surface area contributed by atoms with Crippen LogP contribution in [0.25, 0.3) is 0 Å². The maximum absolute atomic E-state index is 12.3. The molecule has 1 heterocycles.